The molecule has 0 amide bonds. The van der Waals surface area contributed by atoms with Crippen LogP contribution in [-0.4, -0.2) is 16.1 Å². The van der Waals surface area contributed by atoms with Crippen LogP contribution in [0.1, 0.15) is 22.3 Å². The number of hydrogen-bond donors (Lipinski definition) is 2. The first kappa shape index (κ1) is 12.5. The highest BCUT2D eigenvalue weighted by molar-refractivity contribution is 7.16. The number of carbonyl (C=O) groups is 1. The zero-order valence-corrected chi connectivity index (χ0v) is 10.4. The number of carboxylic acid groups (broad SMARTS) is 1. The van der Waals surface area contributed by atoms with Gasteiger partial charge in [-0.1, -0.05) is 19.1 Å². The van der Waals surface area contributed by atoms with Crippen molar-refractivity contribution in [3.05, 3.63) is 40.7 Å². The van der Waals surface area contributed by atoms with E-state index in [1.165, 1.54) is 17.4 Å². The van der Waals surface area contributed by atoms with Gasteiger partial charge in [0.15, 0.2) is 10.8 Å². The van der Waals surface area contributed by atoms with Crippen LogP contribution in [-0.2, 0) is 6.42 Å². The second kappa shape index (κ2) is 5.14. The Hall–Kier alpha value is -1.95. The molecule has 0 aliphatic carbocycles. The summed E-state index contributed by atoms with van der Waals surface area (Å²) in [4.78, 5) is 15.6. The van der Waals surface area contributed by atoms with Gasteiger partial charge in [0.1, 0.15) is 5.82 Å². The van der Waals surface area contributed by atoms with Crippen molar-refractivity contribution in [2.45, 2.75) is 13.3 Å². The highest BCUT2D eigenvalue weighted by atomic mass is 32.1. The SMILES string of the molecule is CCc1sc(Nc2ccccc2F)nc1C(=O)O. The second-order valence-corrected chi connectivity index (χ2v) is 4.64. The molecule has 1 aromatic heterocycles. The fourth-order valence-electron chi connectivity index (χ4n) is 1.49. The monoisotopic (exact) mass is 266 g/mol. The number of benzene rings is 1. The van der Waals surface area contributed by atoms with Gasteiger partial charge in [-0.3, -0.25) is 0 Å². The lowest BCUT2D eigenvalue weighted by Crippen LogP contribution is -2.00. The Morgan fingerprint density at radius 3 is 2.78 bits per heavy atom. The van der Waals surface area contributed by atoms with E-state index in [-0.39, 0.29) is 11.4 Å². The molecule has 2 N–H and O–H groups in total. The molecular formula is C12H11FN2O2S. The van der Waals surface area contributed by atoms with Crippen molar-refractivity contribution in [1.82, 2.24) is 4.98 Å². The van der Waals surface area contributed by atoms with Gasteiger partial charge in [-0.15, -0.1) is 11.3 Å². The molecule has 94 valence electrons. The van der Waals surface area contributed by atoms with Gasteiger partial charge in [-0.25, -0.2) is 14.2 Å². The highest BCUT2D eigenvalue weighted by Gasteiger charge is 2.16. The summed E-state index contributed by atoms with van der Waals surface area (Å²) >= 11 is 1.22. The molecule has 2 rings (SSSR count). The molecule has 0 radical (unpaired) electrons. The topological polar surface area (TPSA) is 62.2 Å². The Labute approximate surface area is 107 Å². The molecule has 0 spiro atoms. The van der Waals surface area contributed by atoms with E-state index in [2.05, 4.69) is 10.3 Å². The largest absolute Gasteiger partial charge is 0.476 e. The van der Waals surface area contributed by atoms with Crippen molar-refractivity contribution >= 4 is 28.1 Å². The maximum atomic E-state index is 13.4. The number of anilines is 2. The van der Waals surface area contributed by atoms with E-state index in [9.17, 15) is 9.18 Å². The first-order valence-electron chi connectivity index (χ1n) is 5.36. The highest BCUT2D eigenvalue weighted by Crippen LogP contribution is 2.27. The van der Waals surface area contributed by atoms with Crippen molar-refractivity contribution < 1.29 is 14.3 Å². The molecule has 0 aliphatic rings. The number of aromatic carboxylic acids is 1. The molecular weight excluding hydrogens is 255 g/mol. The summed E-state index contributed by atoms with van der Waals surface area (Å²) in [6.45, 7) is 1.85. The normalized spacial score (nSPS) is 10.3. The summed E-state index contributed by atoms with van der Waals surface area (Å²) < 4.78 is 13.4. The van der Waals surface area contributed by atoms with Gasteiger partial charge in [-0.2, -0.15) is 0 Å². The molecule has 0 unspecified atom stereocenters. The smallest absolute Gasteiger partial charge is 0.355 e. The third-order valence-corrected chi connectivity index (χ3v) is 3.45. The maximum Gasteiger partial charge on any atom is 0.355 e. The van der Waals surface area contributed by atoms with E-state index >= 15 is 0 Å². The fraction of sp³-hybridized carbons (Fsp3) is 0.167. The van der Waals surface area contributed by atoms with Gasteiger partial charge in [0.05, 0.1) is 5.69 Å². The molecule has 0 bridgehead atoms. The van der Waals surface area contributed by atoms with E-state index < -0.39 is 11.8 Å². The van der Waals surface area contributed by atoms with Crippen LogP contribution >= 0.6 is 11.3 Å². The Morgan fingerprint density at radius 1 is 1.50 bits per heavy atom. The predicted octanol–water partition coefficient (Wildman–Crippen LogP) is 3.29. The molecule has 0 fully saturated rings. The summed E-state index contributed by atoms with van der Waals surface area (Å²) in [5, 5.41) is 12.1. The van der Waals surface area contributed by atoms with Crippen molar-refractivity contribution in [2.75, 3.05) is 5.32 Å². The van der Waals surface area contributed by atoms with Gasteiger partial charge < -0.3 is 10.4 Å². The fourth-order valence-corrected chi connectivity index (χ4v) is 2.39. The number of aryl methyl sites for hydroxylation is 1. The molecule has 18 heavy (non-hydrogen) atoms. The molecule has 1 aromatic carbocycles. The summed E-state index contributed by atoms with van der Waals surface area (Å²) in [5.74, 6) is -1.47. The number of para-hydroxylation sites is 1. The molecule has 2 aromatic rings. The molecule has 0 aliphatic heterocycles. The molecule has 0 atom stereocenters. The van der Waals surface area contributed by atoms with E-state index in [0.717, 1.165) is 0 Å². The minimum atomic E-state index is -1.07. The number of carboxylic acids is 1. The van der Waals surface area contributed by atoms with Crippen LogP contribution in [0.3, 0.4) is 0 Å². The lowest BCUT2D eigenvalue weighted by atomic mass is 10.3. The number of halogens is 1. The van der Waals surface area contributed by atoms with Crippen LogP contribution < -0.4 is 5.32 Å². The number of hydrogen-bond acceptors (Lipinski definition) is 4. The van der Waals surface area contributed by atoms with Crippen LogP contribution in [0.25, 0.3) is 0 Å². The number of rotatable bonds is 4. The van der Waals surface area contributed by atoms with E-state index in [1.54, 1.807) is 18.2 Å². The van der Waals surface area contributed by atoms with Crippen LogP contribution in [0.4, 0.5) is 15.2 Å². The van der Waals surface area contributed by atoms with Crippen molar-refractivity contribution in [1.29, 1.82) is 0 Å². The zero-order chi connectivity index (χ0) is 13.1. The summed E-state index contributed by atoms with van der Waals surface area (Å²) in [6.07, 6.45) is 0.582. The molecule has 4 nitrogen and oxygen atoms in total. The quantitative estimate of drug-likeness (QED) is 0.891. The first-order valence-corrected chi connectivity index (χ1v) is 6.18. The summed E-state index contributed by atoms with van der Waals surface area (Å²) in [7, 11) is 0. The third kappa shape index (κ3) is 2.48. The van der Waals surface area contributed by atoms with Gasteiger partial charge in [0, 0.05) is 4.88 Å². The number of nitrogens with zero attached hydrogens (tertiary/aromatic N) is 1. The summed E-state index contributed by atoms with van der Waals surface area (Å²) in [5.41, 5.74) is 0.312. The Morgan fingerprint density at radius 2 is 2.22 bits per heavy atom. The summed E-state index contributed by atoms with van der Waals surface area (Å²) in [6, 6.07) is 6.18. The maximum absolute atomic E-state index is 13.4. The standard InChI is InChI=1S/C12H11FN2O2S/c1-2-9-10(11(16)17)15-12(18-9)14-8-6-4-3-5-7(8)13/h3-6H,2H2,1H3,(H,14,15)(H,16,17). The number of aromatic nitrogens is 1. The van der Waals surface area contributed by atoms with Crippen LogP contribution in [0, 0.1) is 5.82 Å². The van der Waals surface area contributed by atoms with Crippen molar-refractivity contribution in [3.8, 4) is 0 Å². The Balaban J connectivity index is 2.30. The van der Waals surface area contributed by atoms with Gasteiger partial charge in [0.2, 0.25) is 0 Å². The van der Waals surface area contributed by atoms with E-state index in [1.807, 2.05) is 6.92 Å². The number of nitrogens with one attached hydrogen (secondary N) is 1. The lowest BCUT2D eigenvalue weighted by Gasteiger charge is -2.02. The van der Waals surface area contributed by atoms with Crippen LogP contribution in [0.15, 0.2) is 24.3 Å². The Bertz CT molecular complexity index is 583. The average Bonchev–Trinajstić information content (AvgIpc) is 2.75. The third-order valence-electron chi connectivity index (χ3n) is 2.34. The Kier molecular flexibility index (Phi) is 3.57. The molecule has 0 saturated carbocycles. The van der Waals surface area contributed by atoms with Crippen LogP contribution in [0.2, 0.25) is 0 Å². The minimum absolute atomic E-state index is 0.0290. The second-order valence-electron chi connectivity index (χ2n) is 3.55. The molecule has 0 saturated heterocycles. The van der Waals surface area contributed by atoms with E-state index in [0.29, 0.717) is 16.4 Å². The van der Waals surface area contributed by atoms with Crippen LogP contribution in [0.5, 0.6) is 0 Å². The minimum Gasteiger partial charge on any atom is -0.476 e. The molecule has 1 heterocycles. The van der Waals surface area contributed by atoms with Gasteiger partial charge in [-0.05, 0) is 18.6 Å². The zero-order valence-electron chi connectivity index (χ0n) is 9.61. The molecule has 6 heteroatoms. The van der Waals surface area contributed by atoms with Crippen molar-refractivity contribution in [2.24, 2.45) is 0 Å². The lowest BCUT2D eigenvalue weighted by molar-refractivity contribution is 0.0690. The first-order chi connectivity index (χ1) is 8.61. The number of thiazole rings is 1. The van der Waals surface area contributed by atoms with Gasteiger partial charge >= 0.3 is 5.97 Å². The average molecular weight is 266 g/mol. The van der Waals surface area contributed by atoms with Gasteiger partial charge in [0.25, 0.3) is 0 Å². The van der Waals surface area contributed by atoms with Crippen molar-refractivity contribution in [3.63, 3.8) is 0 Å². The van der Waals surface area contributed by atoms with E-state index in [4.69, 9.17) is 5.11 Å². The predicted molar refractivity (Wildman–Crippen MR) is 68.1 cm³/mol.